The van der Waals surface area contributed by atoms with Crippen LogP contribution in [-0.2, 0) is 19.8 Å². The number of aryl methyl sites for hydroxylation is 1. The van der Waals surface area contributed by atoms with Crippen molar-refractivity contribution in [3.63, 3.8) is 0 Å². The van der Waals surface area contributed by atoms with Gasteiger partial charge in [-0.05, 0) is 74.7 Å². The van der Waals surface area contributed by atoms with Crippen molar-refractivity contribution in [2.75, 3.05) is 14.2 Å². The van der Waals surface area contributed by atoms with Crippen molar-refractivity contribution < 1.29 is 22.1 Å². The van der Waals surface area contributed by atoms with E-state index in [9.17, 15) is 12.6 Å². The third kappa shape index (κ3) is 5.28. The highest BCUT2D eigenvalue weighted by molar-refractivity contribution is 8.04. The lowest BCUT2D eigenvalue weighted by Crippen LogP contribution is -2.37. The Kier molecular flexibility index (Phi) is 7.59. The molecule has 2 unspecified atom stereocenters. The van der Waals surface area contributed by atoms with E-state index < -0.39 is 29.7 Å². The van der Waals surface area contributed by atoms with Crippen molar-refractivity contribution in [1.82, 2.24) is 0 Å². The van der Waals surface area contributed by atoms with Crippen LogP contribution in [0.5, 0.6) is 11.5 Å². The molecule has 3 aromatic carbocycles. The largest absolute Gasteiger partial charge is 0.497 e. The Morgan fingerprint density at radius 1 is 0.789 bits per heavy atom. The zero-order chi connectivity index (χ0) is 27.7. The highest BCUT2D eigenvalue weighted by atomic mass is 32.3. The Bertz CT molecular complexity index is 1620. The van der Waals surface area contributed by atoms with Gasteiger partial charge in [-0.25, -0.2) is 4.21 Å². The maximum atomic E-state index is 14.8. The first-order chi connectivity index (χ1) is 17.9. The number of hydrogen-bond donors (Lipinski definition) is 0. The van der Waals surface area contributed by atoms with Crippen LogP contribution in [0.2, 0.25) is 0 Å². The van der Waals surface area contributed by atoms with Gasteiger partial charge in [0.25, 0.3) is 10.0 Å². The quantitative estimate of drug-likeness (QED) is 0.328. The van der Waals surface area contributed by atoms with Gasteiger partial charge in [-0.1, -0.05) is 60.2 Å². The average molecular weight is 552 g/mol. The Morgan fingerprint density at radius 3 is 1.87 bits per heavy atom. The van der Waals surface area contributed by atoms with E-state index in [1.54, 1.807) is 83.5 Å². The lowest BCUT2D eigenvalue weighted by atomic mass is 10.0. The van der Waals surface area contributed by atoms with E-state index in [2.05, 4.69) is 3.77 Å². The minimum Gasteiger partial charge on any atom is -0.497 e. The summed E-state index contributed by atoms with van der Waals surface area (Å²) in [5.74, 6) is 1.36. The Labute approximate surface area is 226 Å². The number of hydrogen-bond acceptors (Lipinski definition) is 5. The zero-order valence-electron chi connectivity index (χ0n) is 22.5. The second-order valence-electron chi connectivity index (χ2n) is 10.1. The van der Waals surface area contributed by atoms with E-state index in [1.165, 1.54) is 0 Å². The fraction of sp³-hybridized carbons (Fsp3) is 0.267. The van der Waals surface area contributed by atoms with Crippen molar-refractivity contribution in [3.05, 3.63) is 96.1 Å². The smallest absolute Gasteiger partial charge is 0.290 e. The van der Waals surface area contributed by atoms with Crippen LogP contribution < -0.4 is 9.47 Å². The Morgan fingerprint density at radius 2 is 1.34 bits per heavy atom. The Hall–Kier alpha value is -3.36. The van der Waals surface area contributed by atoms with Crippen molar-refractivity contribution >= 4 is 25.3 Å². The molecule has 38 heavy (non-hydrogen) atoms. The molecule has 0 heterocycles. The first kappa shape index (κ1) is 27.7. The van der Waals surface area contributed by atoms with Crippen LogP contribution in [0.4, 0.5) is 0 Å². The van der Waals surface area contributed by atoms with Crippen LogP contribution in [0, 0.1) is 6.92 Å². The van der Waals surface area contributed by atoms with Crippen LogP contribution in [-0.4, -0.2) is 36.8 Å². The van der Waals surface area contributed by atoms with Crippen molar-refractivity contribution in [2.24, 2.45) is 3.77 Å². The van der Waals surface area contributed by atoms with Gasteiger partial charge in [-0.3, -0.25) is 0 Å². The first-order valence-electron chi connectivity index (χ1n) is 12.2. The molecule has 200 valence electrons. The SMILES string of the molecule is COc1ccc(C2=CC=CC2S(=O)(=NS(=O)(=O)c2ccc(C)cc2-c2ccc(OC)cc2)C(C)(C)C)cc1. The van der Waals surface area contributed by atoms with E-state index in [0.29, 0.717) is 22.6 Å². The molecule has 0 aliphatic heterocycles. The minimum absolute atomic E-state index is 0.0159. The normalized spacial score (nSPS) is 17.0. The number of rotatable bonds is 7. The van der Waals surface area contributed by atoms with Gasteiger partial charge in [0.1, 0.15) is 11.5 Å². The molecule has 6 nitrogen and oxygen atoms in total. The predicted molar refractivity (Wildman–Crippen MR) is 155 cm³/mol. The van der Waals surface area contributed by atoms with Gasteiger partial charge < -0.3 is 9.47 Å². The molecule has 0 bridgehead atoms. The predicted octanol–water partition coefficient (Wildman–Crippen LogP) is 6.66. The highest BCUT2D eigenvalue weighted by Gasteiger charge is 2.40. The van der Waals surface area contributed by atoms with E-state index in [0.717, 1.165) is 16.7 Å². The number of allylic oxidation sites excluding steroid dienone is 2. The number of nitrogens with zero attached hydrogens (tertiary/aromatic N) is 1. The molecule has 0 amide bonds. The maximum absolute atomic E-state index is 14.8. The van der Waals surface area contributed by atoms with Crippen molar-refractivity contribution in [3.8, 4) is 22.6 Å². The zero-order valence-corrected chi connectivity index (χ0v) is 24.1. The molecule has 1 aliphatic carbocycles. The summed E-state index contributed by atoms with van der Waals surface area (Å²) in [7, 11) is -4.55. The molecule has 0 aromatic heterocycles. The van der Waals surface area contributed by atoms with Gasteiger partial charge in [0.15, 0.2) is 0 Å². The third-order valence-electron chi connectivity index (χ3n) is 6.54. The second-order valence-corrected chi connectivity index (χ2v) is 15.0. The molecule has 0 saturated heterocycles. The minimum atomic E-state index is -4.33. The van der Waals surface area contributed by atoms with E-state index in [-0.39, 0.29) is 4.90 Å². The topological polar surface area (TPSA) is 82.0 Å². The number of ether oxygens (including phenoxy) is 2. The molecule has 0 N–H and O–H groups in total. The lowest BCUT2D eigenvalue weighted by Gasteiger charge is -2.30. The monoisotopic (exact) mass is 551 g/mol. The summed E-state index contributed by atoms with van der Waals surface area (Å²) < 4.78 is 56.6. The number of methoxy groups -OCH3 is 2. The molecular weight excluding hydrogens is 518 g/mol. The summed E-state index contributed by atoms with van der Waals surface area (Å²) in [4.78, 5) is 0.0159. The molecular formula is C30H33NO5S2. The van der Waals surface area contributed by atoms with Gasteiger partial charge in [0.2, 0.25) is 0 Å². The summed E-state index contributed by atoms with van der Waals surface area (Å²) in [5, 5.41) is -0.708. The van der Waals surface area contributed by atoms with E-state index >= 15 is 0 Å². The second kappa shape index (κ2) is 10.4. The molecule has 4 rings (SSSR count). The van der Waals surface area contributed by atoms with Crippen molar-refractivity contribution in [2.45, 2.75) is 42.6 Å². The van der Waals surface area contributed by atoms with Gasteiger partial charge >= 0.3 is 0 Å². The van der Waals surface area contributed by atoms with Crippen LogP contribution in [0.25, 0.3) is 16.7 Å². The fourth-order valence-electron chi connectivity index (χ4n) is 4.37. The molecule has 1 aliphatic rings. The van der Waals surface area contributed by atoms with E-state index in [4.69, 9.17) is 9.47 Å². The summed E-state index contributed by atoms with van der Waals surface area (Å²) in [6.45, 7) is 7.21. The molecule has 0 spiro atoms. The fourth-order valence-corrected chi connectivity index (χ4v) is 9.44. The van der Waals surface area contributed by atoms with Crippen molar-refractivity contribution in [1.29, 1.82) is 0 Å². The third-order valence-corrected chi connectivity index (χ3v) is 12.0. The lowest BCUT2D eigenvalue weighted by molar-refractivity contribution is 0.414. The average Bonchev–Trinajstić information content (AvgIpc) is 3.38. The first-order valence-corrected chi connectivity index (χ1v) is 15.2. The highest BCUT2D eigenvalue weighted by Crippen LogP contribution is 2.39. The van der Waals surface area contributed by atoms with E-state index in [1.807, 2.05) is 43.3 Å². The van der Waals surface area contributed by atoms with Gasteiger partial charge in [0.05, 0.1) is 34.1 Å². The summed E-state index contributed by atoms with van der Waals surface area (Å²) in [5.41, 5.74) is 3.69. The van der Waals surface area contributed by atoms with Crippen LogP contribution in [0.1, 0.15) is 31.9 Å². The number of benzene rings is 3. The van der Waals surface area contributed by atoms with Gasteiger partial charge in [-0.2, -0.15) is 8.42 Å². The van der Waals surface area contributed by atoms with Crippen LogP contribution in [0.15, 0.2) is 93.6 Å². The molecule has 0 saturated carbocycles. The van der Waals surface area contributed by atoms with Gasteiger partial charge in [0, 0.05) is 10.3 Å². The standard InChI is InChI=1S/C30H33NO5S2/c1-21-10-19-29(27(20-21)23-13-17-25(36-6)18-14-23)38(33,34)31-37(32,30(2,3)4)28-9-7-8-26(28)22-11-15-24(35-5)16-12-22/h7-20,28H,1-6H3. The van der Waals surface area contributed by atoms with Crippen LogP contribution >= 0.6 is 0 Å². The summed E-state index contributed by atoms with van der Waals surface area (Å²) >= 11 is 0. The van der Waals surface area contributed by atoms with Gasteiger partial charge in [-0.15, -0.1) is 3.77 Å². The molecule has 3 aromatic rings. The maximum Gasteiger partial charge on any atom is 0.290 e. The van der Waals surface area contributed by atoms with Crippen LogP contribution in [0.3, 0.4) is 0 Å². The number of sulfonamides is 1. The summed E-state index contributed by atoms with van der Waals surface area (Å²) in [6, 6.07) is 19.6. The molecule has 0 fully saturated rings. The Balaban J connectivity index is 1.88. The summed E-state index contributed by atoms with van der Waals surface area (Å²) in [6.07, 6.45) is 5.47. The molecule has 0 radical (unpaired) electrons. The molecule has 8 heteroatoms. The molecule has 2 atom stereocenters.